The number of morpholine rings is 1. The van der Waals surface area contributed by atoms with Crippen LogP contribution in [-0.2, 0) is 14.3 Å². The molecule has 0 unspecified atom stereocenters. The van der Waals surface area contributed by atoms with Crippen molar-refractivity contribution in [1.82, 2.24) is 15.1 Å². The summed E-state index contributed by atoms with van der Waals surface area (Å²) in [5.41, 5.74) is -0.352. The van der Waals surface area contributed by atoms with Crippen molar-refractivity contribution in [2.75, 3.05) is 65.6 Å². The monoisotopic (exact) mass is 283 g/mol. The molecule has 0 radical (unpaired) electrons. The van der Waals surface area contributed by atoms with Crippen LogP contribution in [0.25, 0.3) is 0 Å². The number of amides is 1. The third-order valence-corrected chi connectivity index (χ3v) is 4.39. The van der Waals surface area contributed by atoms with Gasteiger partial charge in [-0.05, 0) is 25.9 Å². The number of carbonyl (C=O) groups excluding carboxylic acids is 1. The second-order valence-electron chi connectivity index (χ2n) is 6.06. The molecule has 0 aromatic heterocycles. The van der Waals surface area contributed by atoms with Crippen LogP contribution < -0.4 is 5.32 Å². The van der Waals surface area contributed by atoms with Gasteiger partial charge >= 0.3 is 0 Å². The zero-order chi connectivity index (χ0) is 13.8. The molecule has 1 spiro atoms. The molecule has 1 amide bonds. The van der Waals surface area contributed by atoms with Crippen molar-refractivity contribution < 1.29 is 14.3 Å². The fraction of sp³-hybridized carbons (Fsp3) is 0.929. The Kier molecular flexibility index (Phi) is 4.55. The molecular formula is C14H25N3O3. The summed E-state index contributed by atoms with van der Waals surface area (Å²) in [5.74, 6) is 0.235. The van der Waals surface area contributed by atoms with E-state index in [0.717, 1.165) is 26.2 Å². The van der Waals surface area contributed by atoms with Crippen molar-refractivity contribution in [2.45, 2.75) is 18.4 Å². The number of hydrogen-bond acceptors (Lipinski definition) is 5. The van der Waals surface area contributed by atoms with Crippen molar-refractivity contribution in [2.24, 2.45) is 0 Å². The summed E-state index contributed by atoms with van der Waals surface area (Å²) in [5, 5.41) is 3.34. The molecule has 114 valence electrons. The molecule has 3 saturated heterocycles. The fourth-order valence-corrected chi connectivity index (χ4v) is 3.25. The molecule has 0 aromatic rings. The first-order chi connectivity index (χ1) is 9.77. The van der Waals surface area contributed by atoms with Gasteiger partial charge in [0.1, 0.15) is 5.60 Å². The normalized spacial score (nSPS) is 32.5. The van der Waals surface area contributed by atoms with Gasteiger partial charge in [0.2, 0.25) is 5.91 Å². The highest BCUT2D eigenvalue weighted by Gasteiger charge is 2.39. The maximum atomic E-state index is 12.4. The summed E-state index contributed by atoms with van der Waals surface area (Å²) in [7, 11) is 0. The third-order valence-electron chi connectivity index (χ3n) is 4.39. The first-order valence-electron chi connectivity index (χ1n) is 7.70. The molecular weight excluding hydrogens is 258 g/mol. The highest BCUT2D eigenvalue weighted by atomic mass is 16.5. The highest BCUT2D eigenvalue weighted by Crippen LogP contribution is 2.20. The molecule has 3 fully saturated rings. The van der Waals surface area contributed by atoms with E-state index >= 15 is 0 Å². The van der Waals surface area contributed by atoms with Gasteiger partial charge < -0.3 is 19.7 Å². The molecule has 0 bridgehead atoms. The molecule has 3 rings (SSSR count). The van der Waals surface area contributed by atoms with Gasteiger partial charge in [-0.2, -0.15) is 0 Å². The molecule has 0 saturated carbocycles. The predicted molar refractivity (Wildman–Crippen MR) is 74.6 cm³/mol. The fourth-order valence-electron chi connectivity index (χ4n) is 3.25. The Labute approximate surface area is 120 Å². The van der Waals surface area contributed by atoms with Crippen molar-refractivity contribution in [1.29, 1.82) is 0 Å². The number of nitrogens with zero attached hydrogens (tertiary/aromatic N) is 2. The molecule has 3 aliphatic rings. The zero-order valence-corrected chi connectivity index (χ0v) is 12.1. The molecule has 6 nitrogen and oxygen atoms in total. The maximum Gasteiger partial charge on any atom is 0.236 e. The lowest BCUT2D eigenvalue weighted by atomic mass is 10.0. The minimum Gasteiger partial charge on any atom is -0.377 e. The Balaban J connectivity index is 1.57. The second-order valence-corrected chi connectivity index (χ2v) is 6.06. The Hall–Kier alpha value is -0.690. The standard InChI is InChI=1S/C14H25N3O3/c18-13(9-16-4-1-2-5-16)17-6-8-20-14(11-17)10-15-3-7-19-12-14/h15H,1-12H2/t14-/m0/s1. The van der Waals surface area contributed by atoms with E-state index < -0.39 is 0 Å². The van der Waals surface area contributed by atoms with Crippen molar-refractivity contribution in [3.05, 3.63) is 0 Å². The smallest absolute Gasteiger partial charge is 0.236 e. The molecule has 0 aliphatic carbocycles. The molecule has 6 heteroatoms. The summed E-state index contributed by atoms with van der Waals surface area (Å²) < 4.78 is 11.6. The van der Waals surface area contributed by atoms with Gasteiger partial charge in [-0.15, -0.1) is 0 Å². The van der Waals surface area contributed by atoms with E-state index in [0.29, 0.717) is 39.5 Å². The van der Waals surface area contributed by atoms with Crippen LogP contribution >= 0.6 is 0 Å². The Bertz CT molecular complexity index is 337. The van der Waals surface area contributed by atoms with Crippen LogP contribution in [0.1, 0.15) is 12.8 Å². The number of likely N-dealkylation sites (tertiary alicyclic amines) is 1. The minimum atomic E-state index is -0.352. The van der Waals surface area contributed by atoms with E-state index in [1.165, 1.54) is 12.8 Å². The highest BCUT2D eigenvalue weighted by molar-refractivity contribution is 5.78. The number of ether oxygens (including phenoxy) is 2. The number of carbonyl (C=O) groups is 1. The van der Waals surface area contributed by atoms with Crippen molar-refractivity contribution in [3.8, 4) is 0 Å². The summed E-state index contributed by atoms with van der Waals surface area (Å²) in [6.07, 6.45) is 2.44. The minimum absolute atomic E-state index is 0.235. The quantitative estimate of drug-likeness (QED) is 0.726. The van der Waals surface area contributed by atoms with E-state index in [1.807, 2.05) is 4.90 Å². The van der Waals surface area contributed by atoms with Gasteiger partial charge in [0.15, 0.2) is 0 Å². The summed E-state index contributed by atoms with van der Waals surface area (Å²) in [4.78, 5) is 16.6. The molecule has 0 aromatic carbocycles. The molecule has 1 N–H and O–H groups in total. The molecule has 3 heterocycles. The average molecular weight is 283 g/mol. The Morgan fingerprint density at radius 1 is 1.20 bits per heavy atom. The molecule has 20 heavy (non-hydrogen) atoms. The van der Waals surface area contributed by atoms with E-state index in [4.69, 9.17) is 9.47 Å². The lowest BCUT2D eigenvalue weighted by molar-refractivity contribution is -0.158. The summed E-state index contributed by atoms with van der Waals surface area (Å²) in [6.45, 7) is 7.55. The first kappa shape index (κ1) is 14.3. The number of rotatable bonds is 2. The van der Waals surface area contributed by atoms with Crippen LogP contribution in [0.4, 0.5) is 0 Å². The average Bonchev–Trinajstić information content (AvgIpc) is 2.86. The van der Waals surface area contributed by atoms with Gasteiger partial charge in [0, 0.05) is 19.6 Å². The van der Waals surface area contributed by atoms with Crippen LogP contribution in [0.5, 0.6) is 0 Å². The lowest BCUT2D eigenvalue weighted by Gasteiger charge is -2.42. The maximum absolute atomic E-state index is 12.4. The summed E-state index contributed by atoms with van der Waals surface area (Å²) in [6, 6.07) is 0. The van der Waals surface area contributed by atoms with Crippen LogP contribution in [0.2, 0.25) is 0 Å². The largest absolute Gasteiger partial charge is 0.377 e. The van der Waals surface area contributed by atoms with Crippen molar-refractivity contribution >= 4 is 5.91 Å². The van der Waals surface area contributed by atoms with E-state index in [2.05, 4.69) is 10.2 Å². The van der Waals surface area contributed by atoms with Crippen LogP contribution in [0, 0.1) is 0 Å². The van der Waals surface area contributed by atoms with E-state index in [-0.39, 0.29) is 11.5 Å². The lowest BCUT2D eigenvalue weighted by Crippen LogP contribution is -2.60. The zero-order valence-electron chi connectivity index (χ0n) is 12.1. The summed E-state index contributed by atoms with van der Waals surface area (Å²) >= 11 is 0. The molecule has 1 atom stereocenters. The van der Waals surface area contributed by atoms with E-state index in [9.17, 15) is 4.79 Å². The van der Waals surface area contributed by atoms with Crippen molar-refractivity contribution in [3.63, 3.8) is 0 Å². The Morgan fingerprint density at radius 3 is 2.90 bits per heavy atom. The Morgan fingerprint density at radius 2 is 2.05 bits per heavy atom. The van der Waals surface area contributed by atoms with E-state index in [1.54, 1.807) is 0 Å². The van der Waals surface area contributed by atoms with Gasteiger partial charge in [-0.3, -0.25) is 9.69 Å². The van der Waals surface area contributed by atoms with Crippen LogP contribution in [-0.4, -0.2) is 86.9 Å². The number of nitrogens with one attached hydrogen (secondary N) is 1. The van der Waals surface area contributed by atoms with Crippen LogP contribution in [0.3, 0.4) is 0 Å². The van der Waals surface area contributed by atoms with Gasteiger partial charge in [-0.1, -0.05) is 0 Å². The predicted octanol–water partition coefficient (Wildman–Crippen LogP) is -0.700. The first-order valence-corrected chi connectivity index (χ1v) is 7.70. The number of hydrogen-bond donors (Lipinski definition) is 1. The van der Waals surface area contributed by atoms with Gasteiger partial charge in [-0.25, -0.2) is 0 Å². The third kappa shape index (κ3) is 3.31. The topological polar surface area (TPSA) is 54.0 Å². The van der Waals surface area contributed by atoms with Gasteiger partial charge in [0.05, 0.1) is 32.9 Å². The molecule has 3 aliphatic heterocycles. The SMILES string of the molecule is O=C(CN1CCCC1)N1CCO[C@@]2(CNCCOC2)C1. The second kappa shape index (κ2) is 6.39. The van der Waals surface area contributed by atoms with Crippen LogP contribution in [0.15, 0.2) is 0 Å². The van der Waals surface area contributed by atoms with Gasteiger partial charge in [0.25, 0.3) is 0 Å².